The Hall–Kier alpha value is -1.88. The molecular formula is C18H24N4O. The predicted octanol–water partition coefficient (Wildman–Crippen LogP) is 2.01. The van der Waals surface area contributed by atoms with Gasteiger partial charge in [-0.15, -0.1) is 0 Å². The number of nitrogens with one attached hydrogen (secondary N) is 2. The lowest BCUT2D eigenvalue weighted by atomic mass is 9.79. The van der Waals surface area contributed by atoms with Crippen molar-refractivity contribution in [2.75, 3.05) is 13.1 Å². The first kappa shape index (κ1) is 14.7. The molecule has 1 aromatic heterocycles. The minimum absolute atomic E-state index is 0.127. The van der Waals surface area contributed by atoms with Gasteiger partial charge in [0.1, 0.15) is 0 Å². The lowest BCUT2D eigenvalue weighted by molar-refractivity contribution is -0.123. The molecule has 0 spiro atoms. The number of hydrogen-bond acceptors (Lipinski definition) is 3. The molecular weight excluding hydrogens is 288 g/mol. The predicted molar refractivity (Wildman–Crippen MR) is 90.2 cm³/mol. The first-order chi connectivity index (χ1) is 11.1. The normalized spacial score (nSPS) is 29.8. The fourth-order valence-electron chi connectivity index (χ4n) is 4.27. The Morgan fingerprint density at radius 2 is 2.17 bits per heavy atom. The quantitative estimate of drug-likeness (QED) is 0.911. The zero-order valence-corrected chi connectivity index (χ0v) is 13.8. The van der Waals surface area contributed by atoms with Crippen molar-refractivity contribution in [1.82, 2.24) is 20.4 Å². The molecule has 0 radical (unpaired) electrons. The number of amides is 1. The molecule has 3 fully saturated rings. The number of fused-ring (bicyclic) bond motifs is 4. The highest BCUT2D eigenvalue weighted by atomic mass is 16.1. The molecule has 0 unspecified atom stereocenters. The molecule has 2 aromatic rings. The molecule has 3 aliphatic rings. The fourth-order valence-corrected chi connectivity index (χ4v) is 4.27. The summed E-state index contributed by atoms with van der Waals surface area (Å²) in [6.07, 6.45) is 2.86. The van der Waals surface area contributed by atoms with E-state index in [0.717, 1.165) is 22.2 Å². The molecule has 5 heteroatoms. The van der Waals surface area contributed by atoms with Gasteiger partial charge in [0.2, 0.25) is 5.91 Å². The zero-order valence-electron chi connectivity index (χ0n) is 13.8. The van der Waals surface area contributed by atoms with Crippen molar-refractivity contribution in [3.63, 3.8) is 0 Å². The Kier molecular flexibility index (Phi) is 3.60. The van der Waals surface area contributed by atoms with Crippen LogP contribution in [0.3, 0.4) is 0 Å². The zero-order chi connectivity index (χ0) is 16.0. The smallest absolute Gasteiger partial charge is 0.224 e. The third kappa shape index (κ3) is 2.63. The largest absolute Gasteiger partial charge is 0.351 e. The average Bonchev–Trinajstić information content (AvgIpc) is 2.92. The average molecular weight is 312 g/mol. The van der Waals surface area contributed by atoms with E-state index in [1.165, 1.54) is 25.9 Å². The molecule has 2 N–H and O–H groups in total. The van der Waals surface area contributed by atoms with Crippen LogP contribution < -0.4 is 5.32 Å². The van der Waals surface area contributed by atoms with Gasteiger partial charge in [-0.25, -0.2) is 0 Å². The second-order valence-electron chi connectivity index (χ2n) is 7.08. The van der Waals surface area contributed by atoms with E-state index in [9.17, 15) is 4.79 Å². The van der Waals surface area contributed by atoms with Crippen LogP contribution in [0.4, 0.5) is 0 Å². The number of carbonyl (C=O) groups excluding carboxylic acids is 1. The lowest BCUT2D eigenvalue weighted by Gasteiger charge is -2.50. The van der Waals surface area contributed by atoms with Crippen molar-refractivity contribution < 1.29 is 4.79 Å². The summed E-state index contributed by atoms with van der Waals surface area (Å²) in [5, 5.41) is 11.7. The van der Waals surface area contributed by atoms with E-state index in [4.69, 9.17) is 0 Å². The van der Waals surface area contributed by atoms with Gasteiger partial charge in [-0.05, 0) is 57.3 Å². The highest BCUT2D eigenvalue weighted by Crippen LogP contribution is 2.32. The third-order valence-electron chi connectivity index (χ3n) is 5.68. The van der Waals surface area contributed by atoms with Crippen LogP contribution in [-0.4, -0.2) is 46.2 Å². The number of nitrogens with zero attached hydrogens (tertiary/aromatic N) is 2. The molecule has 4 heterocycles. The van der Waals surface area contributed by atoms with Crippen molar-refractivity contribution >= 4 is 16.8 Å². The summed E-state index contributed by atoms with van der Waals surface area (Å²) in [5.74, 6) is 0.776. The SMILES string of the molecule is Cc1[nH]nc2cc(CC(=O)N[C@@H]3C4CCN(CC4)[C@@H]3C)ccc12. The summed E-state index contributed by atoms with van der Waals surface area (Å²) >= 11 is 0. The number of H-pyrrole nitrogens is 1. The van der Waals surface area contributed by atoms with Crippen LogP contribution in [0.15, 0.2) is 18.2 Å². The molecule has 0 aliphatic carbocycles. The van der Waals surface area contributed by atoms with Gasteiger partial charge >= 0.3 is 0 Å². The van der Waals surface area contributed by atoms with Crippen LogP contribution in [0.5, 0.6) is 0 Å². The summed E-state index contributed by atoms with van der Waals surface area (Å²) in [5.41, 5.74) is 3.02. The molecule has 5 rings (SSSR count). The van der Waals surface area contributed by atoms with E-state index < -0.39 is 0 Å². The minimum Gasteiger partial charge on any atom is -0.351 e. The fraction of sp³-hybridized carbons (Fsp3) is 0.556. The van der Waals surface area contributed by atoms with E-state index in [0.29, 0.717) is 24.4 Å². The van der Waals surface area contributed by atoms with E-state index >= 15 is 0 Å². The molecule has 3 saturated heterocycles. The number of hydrogen-bond donors (Lipinski definition) is 2. The lowest BCUT2D eigenvalue weighted by Crippen LogP contribution is -2.62. The van der Waals surface area contributed by atoms with Gasteiger partial charge in [0.15, 0.2) is 0 Å². The maximum Gasteiger partial charge on any atom is 0.224 e. The van der Waals surface area contributed by atoms with E-state index in [-0.39, 0.29) is 5.91 Å². The first-order valence-corrected chi connectivity index (χ1v) is 8.59. The summed E-state index contributed by atoms with van der Waals surface area (Å²) < 4.78 is 0. The molecule has 1 amide bonds. The van der Waals surface area contributed by atoms with Gasteiger partial charge in [0.25, 0.3) is 0 Å². The summed E-state index contributed by atoms with van der Waals surface area (Å²) in [6, 6.07) is 6.86. The van der Waals surface area contributed by atoms with Crippen molar-refractivity contribution in [3.05, 3.63) is 29.5 Å². The van der Waals surface area contributed by atoms with Crippen LogP contribution in [-0.2, 0) is 11.2 Å². The van der Waals surface area contributed by atoms with E-state index in [1.807, 2.05) is 25.1 Å². The summed E-state index contributed by atoms with van der Waals surface area (Å²) in [4.78, 5) is 15.0. The standard InChI is InChI=1S/C18H24N4O/c1-11-15-4-3-13(9-16(15)21-20-11)10-17(23)19-18-12(2)22-7-5-14(18)6-8-22/h3-4,9,12,14,18H,5-8,10H2,1-2H3,(H,19,23)(H,20,21)/t12-,18+/m1/s1. The number of rotatable bonds is 3. The van der Waals surface area contributed by atoms with Crippen LogP contribution in [0.25, 0.3) is 10.9 Å². The number of piperidine rings is 3. The Bertz CT molecular complexity index is 728. The maximum absolute atomic E-state index is 12.5. The first-order valence-electron chi connectivity index (χ1n) is 8.59. The summed E-state index contributed by atoms with van der Waals surface area (Å²) in [6.45, 7) is 6.63. The highest BCUT2D eigenvalue weighted by molar-refractivity contribution is 5.84. The number of carbonyl (C=O) groups is 1. The molecule has 0 saturated carbocycles. The van der Waals surface area contributed by atoms with Gasteiger partial charge in [0, 0.05) is 23.2 Å². The summed E-state index contributed by atoms with van der Waals surface area (Å²) in [7, 11) is 0. The van der Waals surface area contributed by atoms with Crippen LogP contribution in [0.2, 0.25) is 0 Å². The van der Waals surface area contributed by atoms with Gasteiger partial charge in [-0.3, -0.25) is 14.8 Å². The maximum atomic E-state index is 12.5. The Labute approximate surface area is 136 Å². The van der Waals surface area contributed by atoms with Gasteiger partial charge in [-0.2, -0.15) is 5.10 Å². The molecule has 1 aromatic carbocycles. The molecule has 3 aliphatic heterocycles. The minimum atomic E-state index is 0.127. The van der Waals surface area contributed by atoms with Crippen molar-refractivity contribution in [2.45, 2.75) is 45.2 Å². The van der Waals surface area contributed by atoms with Crippen LogP contribution in [0, 0.1) is 12.8 Å². The number of aromatic amines is 1. The van der Waals surface area contributed by atoms with E-state index in [2.05, 4.69) is 27.3 Å². The third-order valence-corrected chi connectivity index (χ3v) is 5.68. The molecule has 23 heavy (non-hydrogen) atoms. The topological polar surface area (TPSA) is 61.0 Å². The highest BCUT2D eigenvalue weighted by Gasteiger charge is 2.40. The second kappa shape index (κ2) is 5.64. The van der Waals surface area contributed by atoms with Gasteiger partial charge in [-0.1, -0.05) is 12.1 Å². The van der Waals surface area contributed by atoms with Crippen molar-refractivity contribution in [2.24, 2.45) is 5.92 Å². The molecule has 2 atom stereocenters. The van der Waals surface area contributed by atoms with Crippen molar-refractivity contribution in [3.8, 4) is 0 Å². The number of aromatic nitrogens is 2. The Morgan fingerprint density at radius 3 is 2.91 bits per heavy atom. The van der Waals surface area contributed by atoms with Gasteiger partial charge < -0.3 is 5.32 Å². The van der Waals surface area contributed by atoms with Crippen LogP contribution >= 0.6 is 0 Å². The Morgan fingerprint density at radius 1 is 1.39 bits per heavy atom. The van der Waals surface area contributed by atoms with Gasteiger partial charge in [0.05, 0.1) is 11.9 Å². The second-order valence-corrected chi connectivity index (χ2v) is 7.08. The molecule has 2 bridgehead atoms. The molecule has 122 valence electrons. The Balaban J connectivity index is 1.44. The van der Waals surface area contributed by atoms with Crippen molar-refractivity contribution in [1.29, 1.82) is 0 Å². The van der Waals surface area contributed by atoms with Crippen LogP contribution in [0.1, 0.15) is 31.0 Å². The van der Waals surface area contributed by atoms with E-state index in [1.54, 1.807) is 0 Å². The molecule has 5 nitrogen and oxygen atoms in total. The number of benzene rings is 1. The number of aryl methyl sites for hydroxylation is 1. The monoisotopic (exact) mass is 312 g/mol.